The number of para-hydroxylation sites is 6. The summed E-state index contributed by atoms with van der Waals surface area (Å²) in [7, 11) is 0. The number of imidazole rings is 2. The molecule has 5 aromatic carbocycles. The molecule has 0 aliphatic carbocycles. The topological polar surface area (TPSA) is 35.6 Å². The number of rotatable bonds is 4. The smallest absolute Gasteiger partial charge is 0.145 e. The third kappa shape index (κ3) is 3.31. The van der Waals surface area contributed by atoms with Gasteiger partial charge >= 0.3 is 0 Å². The highest BCUT2D eigenvalue weighted by molar-refractivity contribution is 5.86. The van der Waals surface area contributed by atoms with Crippen LogP contribution >= 0.6 is 0 Å². The van der Waals surface area contributed by atoms with Gasteiger partial charge in [-0.25, -0.2) is 9.97 Å². The van der Waals surface area contributed by atoms with Crippen molar-refractivity contribution in [3.8, 4) is 34.2 Å². The summed E-state index contributed by atoms with van der Waals surface area (Å²) in [5, 5.41) is 0. The van der Waals surface area contributed by atoms with E-state index in [2.05, 4.69) is 118 Å². The molecule has 7 aromatic rings. The van der Waals surface area contributed by atoms with Gasteiger partial charge < -0.3 is 0 Å². The van der Waals surface area contributed by atoms with Crippen molar-refractivity contribution in [2.75, 3.05) is 0 Å². The molecule has 0 spiro atoms. The summed E-state index contributed by atoms with van der Waals surface area (Å²) in [5.41, 5.74) is 8.36. The average Bonchev–Trinajstić information content (AvgIpc) is 3.53. The molecule has 0 saturated carbocycles. The monoisotopic (exact) mass is 462 g/mol. The Morgan fingerprint density at radius 3 is 1.28 bits per heavy atom. The maximum Gasteiger partial charge on any atom is 0.145 e. The van der Waals surface area contributed by atoms with E-state index in [1.807, 2.05) is 24.3 Å². The first-order chi connectivity index (χ1) is 17.9. The molecule has 36 heavy (non-hydrogen) atoms. The van der Waals surface area contributed by atoms with E-state index in [4.69, 9.17) is 9.97 Å². The van der Waals surface area contributed by atoms with Gasteiger partial charge in [0.2, 0.25) is 0 Å². The van der Waals surface area contributed by atoms with Crippen molar-refractivity contribution in [1.29, 1.82) is 0 Å². The van der Waals surface area contributed by atoms with Gasteiger partial charge in [-0.05, 0) is 54.6 Å². The van der Waals surface area contributed by atoms with Crippen LogP contribution in [0.25, 0.3) is 56.2 Å². The van der Waals surface area contributed by atoms with Gasteiger partial charge in [0, 0.05) is 22.5 Å². The standard InChI is InChI=1S/C32H22N4/c1-3-14-25(15-4-1)35-29-20-9-7-18-27(29)33-31(35)23-12-11-13-24(22-23)32-34-28-19-8-10-21-30(28)36(32)26-16-5-2-6-17-26/h1-22H. The van der Waals surface area contributed by atoms with E-state index in [0.717, 1.165) is 56.2 Å². The van der Waals surface area contributed by atoms with E-state index in [1.165, 1.54) is 0 Å². The second kappa shape index (κ2) is 8.36. The van der Waals surface area contributed by atoms with Crippen LogP contribution in [0, 0.1) is 0 Å². The summed E-state index contributed by atoms with van der Waals surface area (Å²) in [6, 6.07) is 45.9. The molecule has 0 bridgehead atoms. The molecule has 2 aromatic heterocycles. The Morgan fingerprint density at radius 2 is 0.806 bits per heavy atom. The summed E-state index contributed by atoms with van der Waals surface area (Å²) in [6.45, 7) is 0. The zero-order valence-corrected chi connectivity index (χ0v) is 19.5. The Bertz CT molecular complexity index is 1700. The van der Waals surface area contributed by atoms with Crippen LogP contribution in [0.15, 0.2) is 133 Å². The van der Waals surface area contributed by atoms with Crippen LogP contribution in [0.1, 0.15) is 0 Å². The SMILES string of the molecule is c1ccc(-n2c(-c3cccc(-c4nc5ccccc5n4-c4ccccc4)c3)nc3ccccc32)cc1. The van der Waals surface area contributed by atoms with Gasteiger partial charge in [-0.15, -0.1) is 0 Å². The lowest BCUT2D eigenvalue weighted by atomic mass is 10.1. The zero-order chi connectivity index (χ0) is 23.9. The molecule has 0 amide bonds. The van der Waals surface area contributed by atoms with Crippen LogP contribution in [-0.4, -0.2) is 19.1 Å². The zero-order valence-electron chi connectivity index (χ0n) is 19.5. The maximum absolute atomic E-state index is 5.05. The molecule has 0 aliphatic heterocycles. The Hall–Kier alpha value is -4.96. The van der Waals surface area contributed by atoms with E-state index < -0.39 is 0 Å². The van der Waals surface area contributed by atoms with Crippen molar-refractivity contribution >= 4 is 22.1 Å². The van der Waals surface area contributed by atoms with E-state index in [-0.39, 0.29) is 0 Å². The van der Waals surface area contributed by atoms with Crippen LogP contribution in [0.4, 0.5) is 0 Å². The fourth-order valence-electron chi connectivity index (χ4n) is 4.91. The molecule has 4 heteroatoms. The number of fused-ring (bicyclic) bond motifs is 2. The molecule has 0 atom stereocenters. The van der Waals surface area contributed by atoms with Gasteiger partial charge in [0.15, 0.2) is 0 Å². The Kier molecular flexibility index (Phi) is 4.74. The van der Waals surface area contributed by atoms with E-state index in [0.29, 0.717) is 0 Å². The lowest BCUT2D eigenvalue weighted by Crippen LogP contribution is -1.99. The van der Waals surface area contributed by atoms with Gasteiger partial charge in [-0.3, -0.25) is 9.13 Å². The third-order valence-corrected chi connectivity index (χ3v) is 6.53. The molecule has 0 aliphatic rings. The second-order valence-electron chi connectivity index (χ2n) is 8.77. The van der Waals surface area contributed by atoms with Crippen LogP contribution in [0.3, 0.4) is 0 Å². The highest BCUT2D eigenvalue weighted by Gasteiger charge is 2.17. The Labute approximate surface area is 208 Å². The first-order valence-electron chi connectivity index (χ1n) is 12.0. The molecule has 170 valence electrons. The van der Waals surface area contributed by atoms with Crippen molar-refractivity contribution in [1.82, 2.24) is 19.1 Å². The van der Waals surface area contributed by atoms with Gasteiger partial charge in [0.25, 0.3) is 0 Å². The van der Waals surface area contributed by atoms with Gasteiger partial charge in [-0.2, -0.15) is 0 Å². The lowest BCUT2D eigenvalue weighted by molar-refractivity contribution is 1.09. The predicted octanol–water partition coefficient (Wildman–Crippen LogP) is 7.70. The largest absolute Gasteiger partial charge is 0.292 e. The van der Waals surface area contributed by atoms with Crippen LogP contribution in [-0.2, 0) is 0 Å². The van der Waals surface area contributed by atoms with Crippen molar-refractivity contribution < 1.29 is 0 Å². The summed E-state index contributed by atoms with van der Waals surface area (Å²) < 4.78 is 4.46. The predicted molar refractivity (Wildman–Crippen MR) is 147 cm³/mol. The number of hydrogen-bond donors (Lipinski definition) is 0. The van der Waals surface area contributed by atoms with Gasteiger partial charge in [0.1, 0.15) is 11.6 Å². The van der Waals surface area contributed by atoms with E-state index in [9.17, 15) is 0 Å². The van der Waals surface area contributed by atoms with Crippen LogP contribution in [0.5, 0.6) is 0 Å². The minimum absolute atomic E-state index is 0.909. The molecule has 0 N–H and O–H groups in total. The molecule has 4 nitrogen and oxygen atoms in total. The van der Waals surface area contributed by atoms with Gasteiger partial charge in [-0.1, -0.05) is 78.9 Å². The molecular weight excluding hydrogens is 440 g/mol. The van der Waals surface area contributed by atoms with Gasteiger partial charge in [0.05, 0.1) is 22.1 Å². The first-order valence-corrected chi connectivity index (χ1v) is 12.0. The van der Waals surface area contributed by atoms with Crippen LogP contribution in [0.2, 0.25) is 0 Å². The number of nitrogens with zero attached hydrogens (tertiary/aromatic N) is 4. The fourth-order valence-corrected chi connectivity index (χ4v) is 4.91. The second-order valence-corrected chi connectivity index (χ2v) is 8.77. The molecule has 7 rings (SSSR count). The summed E-state index contributed by atoms with van der Waals surface area (Å²) in [6.07, 6.45) is 0. The van der Waals surface area contributed by atoms with Crippen LogP contribution < -0.4 is 0 Å². The Balaban J connectivity index is 1.46. The number of aromatic nitrogens is 4. The highest BCUT2D eigenvalue weighted by atomic mass is 15.1. The summed E-state index contributed by atoms with van der Waals surface area (Å²) >= 11 is 0. The minimum Gasteiger partial charge on any atom is -0.292 e. The third-order valence-electron chi connectivity index (χ3n) is 6.53. The molecule has 0 fully saturated rings. The quantitative estimate of drug-likeness (QED) is 0.269. The average molecular weight is 463 g/mol. The lowest BCUT2D eigenvalue weighted by Gasteiger charge is -2.12. The molecular formula is C32H22N4. The van der Waals surface area contributed by atoms with Crippen molar-refractivity contribution in [3.63, 3.8) is 0 Å². The van der Waals surface area contributed by atoms with E-state index in [1.54, 1.807) is 0 Å². The highest BCUT2D eigenvalue weighted by Crippen LogP contribution is 2.33. The van der Waals surface area contributed by atoms with Crippen molar-refractivity contribution in [2.24, 2.45) is 0 Å². The normalized spacial score (nSPS) is 11.3. The summed E-state index contributed by atoms with van der Waals surface area (Å²) in [4.78, 5) is 10.1. The molecule has 2 heterocycles. The Morgan fingerprint density at radius 1 is 0.389 bits per heavy atom. The van der Waals surface area contributed by atoms with Crippen molar-refractivity contribution in [3.05, 3.63) is 133 Å². The summed E-state index contributed by atoms with van der Waals surface area (Å²) in [5.74, 6) is 1.82. The van der Waals surface area contributed by atoms with Crippen molar-refractivity contribution in [2.45, 2.75) is 0 Å². The maximum atomic E-state index is 5.05. The van der Waals surface area contributed by atoms with E-state index >= 15 is 0 Å². The fraction of sp³-hybridized carbons (Fsp3) is 0. The molecule has 0 saturated heterocycles. The first kappa shape index (κ1) is 20.4. The minimum atomic E-state index is 0.909. The molecule has 0 radical (unpaired) electrons. The number of hydrogen-bond acceptors (Lipinski definition) is 2. The molecule has 0 unspecified atom stereocenters. The number of benzene rings is 5.